The maximum absolute atomic E-state index is 12.2. The molecule has 2 aromatic carbocycles. The lowest BCUT2D eigenvalue weighted by Gasteiger charge is -2.14. The summed E-state index contributed by atoms with van der Waals surface area (Å²) >= 11 is 1.66. The molecule has 0 unspecified atom stereocenters. The van der Waals surface area contributed by atoms with Crippen molar-refractivity contribution >= 4 is 27.1 Å². The summed E-state index contributed by atoms with van der Waals surface area (Å²) in [7, 11) is -3.23. The van der Waals surface area contributed by atoms with Crippen molar-refractivity contribution in [3.8, 4) is 16.9 Å². The van der Waals surface area contributed by atoms with Crippen molar-refractivity contribution in [2.24, 2.45) is 0 Å². The van der Waals surface area contributed by atoms with E-state index in [2.05, 4.69) is 5.32 Å². The summed E-state index contributed by atoms with van der Waals surface area (Å²) < 4.78 is 29.5. The van der Waals surface area contributed by atoms with Gasteiger partial charge in [-0.3, -0.25) is 4.79 Å². The van der Waals surface area contributed by atoms with Crippen molar-refractivity contribution in [2.45, 2.75) is 30.3 Å². The van der Waals surface area contributed by atoms with Crippen molar-refractivity contribution in [3.63, 3.8) is 0 Å². The van der Waals surface area contributed by atoms with Gasteiger partial charge in [-0.2, -0.15) is 0 Å². The summed E-state index contributed by atoms with van der Waals surface area (Å²) in [5.41, 5.74) is 2.93. The van der Waals surface area contributed by atoms with Gasteiger partial charge in [-0.25, -0.2) is 8.42 Å². The minimum Gasteiger partial charge on any atom is -0.487 e. The van der Waals surface area contributed by atoms with E-state index in [0.717, 1.165) is 35.3 Å². The number of hydrogen-bond donors (Lipinski definition) is 1. The molecule has 0 spiro atoms. The Kier molecular flexibility index (Phi) is 5.92. The van der Waals surface area contributed by atoms with Crippen LogP contribution in [0.5, 0.6) is 5.75 Å². The number of rotatable bonds is 7. The van der Waals surface area contributed by atoms with Crippen molar-refractivity contribution in [1.82, 2.24) is 5.32 Å². The number of amides is 1. The number of ether oxygens (including phenoxy) is 1. The Labute approximate surface area is 180 Å². The fraction of sp³-hybridized carbons (Fsp3) is 0.261. The van der Waals surface area contributed by atoms with Gasteiger partial charge in [0.05, 0.1) is 11.4 Å². The third-order valence-corrected chi connectivity index (χ3v) is 7.19. The fourth-order valence-electron chi connectivity index (χ4n) is 3.57. The number of nitrogens with one attached hydrogen (secondary N) is 1. The van der Waals surface area contributed by atoms with Crippen LogP contribution in [0, 0.1) is 0 Å². The molecule has 0 saturated heterocycles. The molecule has 0 saturated carbocycles. The quantitative estimate of drug-likeness (QED) is 0.604. The monoisotopic (exact) mass is 441 g/mol. The molecule has 156 valence electrons. The van der Waals surface area contributed by atoms with E-state index in [9.17, 15) is 13.2 Å². The van der Waals surface area contributed by atoms with Crippen LogP contribution in [0.15, 0.2) is 64.9 Å². The highest BCUT2D eigenvalue weighted by Gasteiger charge is 2.26. The molecular weight excluding hydrogens is 418 g/mol. The minimum atomic E-state index is -3.23. The van der Waals surface area contributed by atoms with Gasteiger partial charge in [0.25, 0.3) is 0 Å². The number of aryl methyl sites for hydroxylation is 1. The van der Waals surface area contributed by atoms with E-state index in [-0.39, 0.29) is 12.0 Å². The molecule has 0 radical (unpaired) electrons. The van der Waals surface area contributed by atoms with Crippen LogP contribution in [0.2, 0.25) is 0 Å². The molecular formula is C23H23NO4S2. The molecule has 1 aliphatic heterocycles. The molecule has 5 nitrogen and oxygen atoms in total. The van der Waals surface area contributed by atoms with E-state index in [1.807, 2.05) is 35.7 Å². The van der Waals surface area contributed by atoms with Crippen LogP contribution in [0.1, 0.15) is 16.9 Å². The number of benzene rings is 2. The Balaban J connectivity index is 1.39. The Morgan fingerprint density at radius 1 is 1.13 bits per heavy atom. The molecule has 30 heavy (non-hydrogen) atoms. The highest BCUT2D eigenvalue weighted by molar-refractivity contribution is 7.90. The Bertz CT molecular complexity index is 1140. The van der Waals surface area contributed by atoms with Crippen molar-refractivity contribution in [3.05, 3.63) is 70.4 Å². The second kappa shape index (κ2) is 8.62. The van der Waals surface area contributed by atoms with Crippen LogP contribution in [0.4, 0.5) is 0 Å². The van der Waals surface area contributed by atoms with Gasteiger partial charge in [-0.1, -0.05) is 36.4 Å². The predicted octanol–water partition coefficient (Wildman–Crippen LogP) is 3.87. The first-order chi connectivity index (χ1) is 14.4. The number of thiophene rings is 1. The summed E-state index contributed by atoms with van der Waals surface area (Å²) in [6.07, 6.45) is 3.05. The fourth-order valence-corrected chi connectivity index (χ4v) is 4.91. The topological polar surface area (TPSA) is 72.5 Å². The third kappa shape index (κ3) is 4.74. The summed E-state index contributed by atoms with van der Waals surface area (Å²) in [4.78, 5) is 13.7. The van der Waals surface area contributed by atoms with E-state index in [0.29, 0.717) is 17.9 Å². The number of hydrogen-bond acceptors (Lipinski definition) is 5. The molecule has 1 aromatic heterocycles. The van der Waals surface area contributed by atoms with Crippen LogP contribution in [0.25, 0.3) is 11.1 Å². The molecule has 0 bridgehead atoms. The van der Waals surface area contributed by atoms with Gasteiger partial charge < -0.3 is 10.1 Å². The molecule has 3 aromatic rings. The maximum Gasteiger partial charge on any atom is 0.220 e. The molecule has 0 fully saturated rings. The molecule has 7 heteroatoms. The van der Waals surface area contributed by atoms with Gasteiger partial charge in [0.2, 0.25) is 5.91 Å². The Hall–Kier alpha value is -2.64. The van der Waals surface area contributed by atoms with Crippen molar-refractivity contribution in [1.29, 1.82) is 0 Å². The molecule has 1 aliphatic rings. The number of para-hydroxylation sites is 1. The number of carbonyl (C=O) groups is 1. The third-order valence-electron chi connectivity index (χ3n) is 5.13. The second-order valence-corrected chi connectivity index (χ2v) is 10.5. The average molecular weight is 442 g/mol. The summed E-state index contributed by atoms with van der Waals surface area (Å²) in [5, 5.41) is 5.00. The summed E-state index contributed by atoms with van der Waals surface area (Å²) in [6.45, 7) is 0.463. The van der Waals surface area contributed by atoms with Gasteiger partial charge in [0.1, 0.15) is 11.9 Å². The van der Waals surface area contributed by atoms with Crippen molar-refractivity contribution in [2.75, 3.05) is 12.8 Å². The normalized spacial score (nSPS) is 15.4. The van der Waals surface area contributed by atoms with Gasteiger partial charge >= 0.3 is 0 Å². The average Bonchev–Trinajstić information content (AvgIpc) is 3.39. The summed E-state index contributed by atoms with van der Waals surface area (Å²) in [6, 6.07) is 16.8. The van der Waals surface area contributed by atoms with Crippen LogP contribution in [-0.2, 0) is 27.5 Å². The minimum absolute atomic E-state index is 0.0274. The molecule has 1 atom stereocenters. The zero-order valence-corrected chi connectivity index (χ0v) is 18.3. The number of fused-ring (bicyclic) bond motifs is 1. The highest BCUT2D eigenvalue weighted by Crippen LogP contribution is 2.38. The van der Waals surface area contributed by atoms with E-state index in [1.165, 1.54) is 11.1 Å². The Morgan fingerprint density at radius 2 is 1.93 bits per heavy atom. The van der Waals surface area contributed by atoms with Crippen LogP contribution >= 0.6 is 11.3 Å². The molecule has 2 heterocycles. The van der Waals surface area contributed by atoms with E-state index in [1.54, 1.807) is 35.6 Å². The van der Waals surface area contributed by atoms with E-state index in [4.69, 9.17) is 4.74 Å². The maximum atomic E-state index is 12.2. The first-order valence-electron chi connectivity index (χ1n) is 9.78. The van der Waals surface area contributed by atoms with Crippen LogP contribution in [-0.4, -0.2) is 33.2 Å². The van der Waals surface area contributed by atoms with E-state index >= 15 is 0 Å². The van der Waals surface area contributed by atoms with Gasteiger partial charge in [-0.05, 0) is 41.1 Å². The molecule has 0 aliphatic carbocycles. The molecule has 1 amide bonds. The zero-order valence-electron chi connectivity index (χ0n) is 16.6. The van der Waals surface area contributed by atoms with E-state index < -0.39 is 9.84 Å². The van der Waals surface area contributed by atoms with Gasteiger partial charge in [-0.15, -0.1) is 11.3 Å². The predicted molar refractivity (Wildman–Crippen MR) is 119 cm³/mol. The van der Waals surface area contributed by atoms with Crippen LogP contribution < -0.4 is 10.1 Å². The lowest BCUT2D eigenvalue weighted by molar-refractivity contribution is -0.121. The lowest BCUT2D eigenvalue weighted by Crippen LogP contribution is -2.34. The largest absolute Gasteiger partial charge is 0.487 e. The number of carbonyl (C=O) groups excluding carboxylic acids is 1. The smallest absolute Gasteiger partial charge is 0.220 e. The van der Waals surface area contributed by atoms with Gasteiger partial charge in [0, 0.05) is 29.5 Å². The lowest BCUT2D eigenvalue weighted by atomic mass is 10.0. The SMILES string of the molecule is CS(=O)(=O)c1ccc(-c2cccc3c2O[C@H](CNC(=O)CCc2cccs2)C3)cc1. The van der Waals surface area contributed by atoms with Crippen LogP contribution in [0.3, 0.4) is 0 Å². The summed E-state index contributed by atoms with van der Waals surface area (Å²) in [5.74, 6) is 0.835. The molecule has 4 rings (SSSR count). The van der Waals surface area contributed by atoms with Crippen molar-refractivity contribution < 1.29 is 17.9 Å². The van der Waals surface area contributed by atoms with Gasteiger partial charge in [0.15, 0.2) is 9.84 Å². The zero-order chi connectivity index (χ0) is 21.1. The molecule has 1 N–H and O–H groups in total. The first-order valence-corrected chi connectivity index (χ1v) is 12.6. The Morgan fingerprint density at radius 3 is 2.63 bits per heavy atom. The number of sulfone groups is 1. The highest BCUT2D eigenvalue weighted by atomic mass is 32.2. The second-order valence-electron chi connectivity index (χ2n) is 7.42. The standard InChI is InChI=1S/C23H23NO4S2/c1-30(26,27)20-10-7-16(8-11-20)21-6-2-4-17-14-18(28-23(17)21)15-24-22(25)12-9-19-5-3-13-29-19/h2-8,10-11,13,18H,9,12,14-15H2,1H3,(H,24,25)/t18-/m0/s1. The first kappa shape index (κ1) is 20.6.